The van der Waals surface area contributed by atoms with Crippen molar-refractivity contribution in [3.05, 3.63) is 77.4 Å². The van der Waals surface area contributed by atoms with Gasteiger partial charge in [-0.3, -0.25) is 9.69 Å². The number of amides is 1. The van der Waals surface area contributed by atoms with Gasteiger partial charge in [-0.1, -0.05) is 18.2 Å². The zero-order valence-electron chi connectivity index (χ0n) is 29.8. The minimum absolute atomic E-state index is 0. The molecule has 0 N–H and O–H groups in total. The molecular weight excluding hydrogens is 749 g/mol. The van der Waals surface area contributed by atoms with E-state index in [-0.39, 0.29) is 70.2 Å². The summed E-state index contributed by atoms with van der Waals surface area (Å²) in [5, 5.41) is 11.4. The second-order valence-electron chi connectivity index (χ2n) is 12.5. The number of anilines is 1. The first-order chi connectivity index (χ1) is 24.6. The lowest BCUT2D eigenvalue weighted by Gasteiger charge is -2.41. The molecule has 17 heteroatoms. The maximum absolute atomic E-state index is 15.0. The van der Waals surface area contributed by atoms with Gasteiger partial charge in [-0.15, -0.1) is 29.9 Å². The van der Waals surface area contributed by atoms with Gasteiger partial charge in [-0.2, -0.15) is 9.57 Å². The Hall–Kier alpha value is -4.30. The molecule has 1 amide bonds. The van der Waals surface area contributed by atoms with Crippen LogP contribution >= 0.6 is 24.8 Å². The molecular formula is C36H43Cl2N5O9S. The standard InChI is InChI=1S/C36H41N5O9S.2ClH/c1-5-48-31-9-7-6-8-28(31)36(49-35(43)50-40-16-14-26(15-17-40)39-20-18-38(2)19-21-39)29-22-25(24-37)10-12-30(29)41(34(36)42)51(44,45)33-13-11-27(46-3)23-32(33)47-4;;/h6-13,22-23,26H,5,14-21H2,1-4H3;2*1H. The number of carbonyl (C=O) groups excluding carboxylic acids is 2. The number of nitriles is 1. The highest BCUT2D eigenvalue weighted by Crippen LogP contribution is 2.52. The number of benzene rings is 3. The van der Waals surface area contributed by atoms with Crippen LogP contribution in [-0.2, 0) is 30.0 Å². The second kappa shape index (κ2) is 17.2. The number of sulfonamides is 1. The molecule has 286 valence electrons. The fraction of sp³-hybridized carbons (Fsp3) is 0.417. The van der Waals surface area contributed by atoms with E-state index >= 15 is 4.79 Å². The van der Waals surface area contributed by atoms with Crippen molar-refractivity contribution in [3.63, 3.8) is 0 Å². The first-order valence-electron chi connectivity index (χ1n) is 16.7. The number of methoxy groups -OCH3 is 2. The van der Waals surface area contributed by atoms with E-state index in [0.29, 0.717) is 29.2 Å². The lowest BCUT2D eigenvalue weighted by atomic mass is 9.85. The van der Waals surface area contributed by atoms with Gasteiger partial charge in [0.25, 0.3) is 21.5 Å². The largest absolute Gasteiger partial charge is 0.529 e. The first kappa shape index (κ1) is 41.5. The number of likely N-dealkylation sites (N-methyl/N-ethyl adjacent to an activating group) is 1. The highest BCUT2D eigenvalue weighted by Gasteiger charge is 2.61. The smallest absolute Gasteiger partial charge is 0.497 e. The molecule has 1 atom stereocenters. The molecule has 0 aromatic heterocycles. The number of piperazine rings is 1. The number of piperidine rings is 1. The number of para-hydroxylation sites is 1. The van der Waals surface area contributed by atoms with E-state index in [1.807, 2.05) is 6.07 Å². The van der Waals surface area contributed by atoms with E-state index in [1.165, 1.54) is 61.7 Å². The number of hydrogen-bond donors (Lipinski definition) is 0. The van der Waals surface area contributed by atoms with E-state index in [2.05, 4.69) is 16.8 Å². The van der Waals surface area contributed by atoms with Crippen LogP contribution in [0, 0.1) is 11.3 Å². The van der Waals surface area contributed by atoms with Crippen molar-refractivity contribution in [1.82, 2.24) is 14.9 Å². The summed E-state index contributed by atoms with van der Waals surface area (Å²) in [5.74, 6) is -0.715. The summed E-state index contributed by atoms with van der Waals surface area (Å²) in [6, 6.07) is 16.9. The molecule has 53 heavy (non-hydrogen) atoms. The van der Waals surface area contributed by atoms with Crippen LogP contribution in [0.25, 0.3) is 0 Å². The lowest BCUT2D eigenvalue weighted by Crippen LogP contribution is -2.52. The summed E-state index contributed by atoms with van der Waals surface area (Å²) in [4.78, 5) is 39.1. The van der Waals surface area contributed by atoms with Gasteiger partial charge in [0.15, 0.2) is 0 Å². The van der Waals surface area contributed by atoms with Crippen LogP contribution in [0.15, 0.2) is 65.6 Å². The van der Waals surface area contributed by atoms with Gasteiger partial charge in [-0.25, -0.2) is 13.2 Å². The third kappa shape index (κ3) is 7.84. The number of rotatable bonds is 10. The third-order valence-electron chi connectivity index (χ3n) is 9.58. The number of nitrogens with zero attached hydrogens (tertiary/aromatic N) is 5. The molecule has 3 heterocycles. The summed E-state index contributed by atoms with van der Waals surface area (Å²) in [7, 11) is 0.0795. The van der Waals surface area contributed by atoms with E-state index in [1.54, 1.807) is 25.1 Å². The van der Waals surface area contributed by atoms with Crippen molar-refractivity contribution in [2.75, 3.05) is 71.4 Å². The van der Waals surface area contributed by atoms with E-state index in [4.69, 9.17) is 23.8 Å². The van der Waals surface area contributed by atoms with Gasteiger partial charge in [0.2, 0.25) is 0 Å². The maximum Gasteiger partial charge on any atom is 0.529 e. The molecule has 3 aromatic rings. The molecule has 0 radical (unpaired) electrons. The normalized spacial score (nSPS) is 19.6. The van der Waals surface area contributed by atoms with Gasteiger partial charge in [0.1, 0.15) is 22.1 Å². The lowest BCUT2D eigenvalue weighted by molar-refractivity contribution is -0.165. The molecule has 3 aliphatic rings. The van der Waals surface area contributed by atoms with Crippen LogP contribution in [0.2, 0.25) is 0 Å². The quantitative estimate of drug-likeness (QED) is 0.264. The fourth-order valence-corrected chi connectivity index (χ4v) is 8.54. The van der Waals surface area contributed by atoms with Gasteiger partial charge >= 0.3 is 6.16 Å². The fourth-order valence-electron chi connectivity index (χ4n) is 6.94. The third-order valence-corrected chi connectivity index (χ3v) is 11.3. The molecule has 6 rings (SSSR count). The maximum atomic E-state index is 15.0. The number of hydrogen-bond acceptors (Lipinski definition) is 13. The topological polar surface area (TPSA) is 151 Å². The summed E-state index contributed by atoms with van der Waals surface area (Å²) >= 11 is 0. The summed E-state index contributed by atoms with van der Waals surface area (Å²) in [5.41, 5.74) is -2.46. The van der Waals surface area contributed by atoms with E-state index in [0.717, 1.165) is 39.0 Å². The minimum atomic E-state index is -4.75. The van der Waals surface area contributed by atoms with Crippen LogP contribution in [0.5, 0.6) is 17.2 Å². The molecule has 0 saturated carbocycles. The van der Waals surface area contributed by atoms with Gasteiger partial charge < -0.3 is 28.7 Å². The molecule has 3 aromatic carbocycles. The minimum Gasteiger partial charge on any atom is -0.497 e. The van der Waals surface area contributed by atoms with Crippen LogP contribution < -0.4 is 18.5 Å². The highest BCUT2D eigenvalue weighted by molar-refractivity contribution is 7.93. The molecule has 0 aliphatic carbocycles. The Labute approximate surface area is 321 Å². The average molecular weight is 793 g/mol. The van der Waals surface area contributed by atoms with Crippen LogP contribution in [0.3, 0.4) is 0 Å². The van der Waals surface area contributed by atoms with Gasteiger partial charge in [0, 0.05) is 56.9 Å². The van der Waals surface area contributed by atoms with Crippen molar-refractivity contribution in [3.8, 4) is 23.3 Å². The van der Waals surface area contributed by atoms with Crippen molar-refractivity contribution in [2.45, 2.75) is 36.3 Å². The average Bonchev–Trinajstić information content (AvgIpc) is 3.39. The Bertz CT molecular complexity index is 1950. The Morgan fingerprint density at radius 2 is 1.60 bits per heavy atom. The monoisotopic (exact) mass is 791 g/mol. The zero-order chi connectivity index (χ0) is 36.3. The number of halogens is 2. The molecule has 2 fully saturated rings. The number of ether oxygens (including phenoxy) is 4. The summed E-state index contributed by atoms with van der Waals surface area (Å²) in [6.07, 6.45) is 0.304. The van der Waals surface area contributed by atoms with Crippen molar-refractivity contribution < 1.29 is 41.8 Å². The predicted octanol–water partition coefficient (Wildman–Crippen LogP) is 4.58. The second-order valence-corrected chi connectivity index (χ2v) is 14.2. The zero-order valence-corrected chi connectivity index (χ0v) is 32.3. The molecule has 0 bridgehead atoms. The number of fused-ring (bicyclic) bond motifs is 1. The van der Waals surface area contributed by atoms with Gasteiger partial charge in [0.05, 0.1) is 43.7 Å². The predicted molar refractivity (Wildman–Crippen MR) is 199 cm³/mol. The Balaban J connectivity index is 0.00000314. The summed E-state index contributed by atoms with van der Waals surface area (Å²) < 4.78 is 52.3. The molecule has 14 nitrogen and oxygen atoms in total. The Morgan fingerprint density at radius 1 is 0.906 bits per heavy atom. The first-order valence-corrected chi connectivity index (χ1v) is 18.2. The van der Waals surface area contributed by atoms with Crippen molar-refractivity contribution in [2.24, 2.45) is 0 Å². The number of carbonyl (C=O) groups is 2. The summed E-state index contributed by atoms with van der Waals surface area (Å²) in [6.45, 7) is 6.74. The van der Waals surface area contributed by atoms with Crippen LogP contribution in [0.4, 0.5) is 10.5 Å². The molecule has 3 aliphatic heterocycles. The Kier molecular flexibility index (Phi) is 13.5. The SMILES string of the molecule is CCOc1ccccc1C1(OC(=O)ON2CCC(N3CCN(C)CC3)CC2)C(=O)N(S(=O)(=O)c2ccc(OC)cc2OC)c2ccc(C#N)cc21.Cl.Cl. The highest BCUT2D eigenvalue weighted by atomic mass is 35.5. The number of hydroxylamine groups is 2. The molecule has 0 spiro atoms. The van der Waals surface area contributed by atoms with Gasteiger partial charge in [-0.05, 0) is 63.2 Å². The molecule has 2 saturated heterocycles. The molecule has 1 unspecified atom stereocenters. The van der Waals surface area contributed by atoms with E-state index < -0.39 is 27.7 Å². The van der Waals surface area contributed by atoms with E-state index in [9.17, 15) is 18.5 Å². The van der Waals surface area contributed by atoms with Crippen LogP contribution in [-0.4, -0.2) is 109 Å². The Morgan fingerprint density at radius 3 is 2.25 bits per heavy atom. The van der Waals surface area contributed by atoms with Crippen molar-refractivity contribution in [1.29, 1.82) is 5.26 Å². The van der Waals surface area contributed by atoms with Crippen LogP contribution in [0.1, 0.15) is 36.5 Å². The van der Waals surface area contributed by atoms with Crippen molar-refractivity contribution >= 4 is 52.6 Å².